The van der Waals surface area contributed by atoms with Gasteiger partial charge in [-0.15, -0.1) is 23.4 Å². The van der Waals surface area contributed by atoms with Crippen molar-refractivity contribution < 1.29 is 27.4 Å². The molecule has 2 aromatic heterocycles. The molecule has 7 nitrogen and oxygen atoms in total. The minimum atomic E-state index is -4.79. The molecule has 0 saturated carbocycles. The fourth-order valence-electron chi connectivity index (χ4n) is 2.73. The van der Waals surface area contributed by atoms with E-state index < -0.39 is 18.0 Å². The van der Waals surface area contributed by atoms with E-state index in [0.29, 0.717) is 23.1 Å². The molecule has 4 rings (SSSR count). The number of nitrogens with one attached hydrogen (secondary N) is 1. The van der Waals surface area contributed by atoms with Crippen molar-refractivity contribution in [1.29, 1.82) is 0 Å². The molecule has 0 saturated heterocycles. The van der Waals surface area contributed by atoms with Crippen LogP contribution in [0.4, 0.5) is 18.9 Å². The van der Waals surface area contributed by atoms with Gasteiger partial charge in [0.25, 0.3) is 5.91 Å². The number of halogens is 3. The third-order valence-corrected chi connectivity index (χ3v) is 4.18. The number of aromatic nitrogens is 3. The number of carbonyl (C=O) groups is 1. The first-order chi connectivity index (χ1) is 15.4. The molecule has 2 aromatic carbocycles. The van der Waals surface area contributed by atoms with Crippen LogP contribution >= 0.6 is 0 Å². The maximum Gasteiger partial charge on any atom is 0.573 e. The Morgan fingerprint density at radius 2 is 1.50 bits per heavy atom. The number of ether oxygens (including phenoxy) is 2. The van der Waals surface area contributed by atoms with Gasteiger partial charge in [-0.2, -0.15) is 0 Å². The third-order valence-electron chi connectivity index (χ3n) is 4.18. The highest BCUT2D eigenvalue weighted by molar-refractivity contribution is 6.04. The Morgan fingerprint density at radius 3 is 2.09 bits per heavy atom. The Morgan fingerprint density at radius 1 is 0.844 bits per heavy atom. The number of rotatable bonds is 6. The van der Waals surface area contributed by atoms with Crippen LogP contribution in [-0.2, 0) is 0 Å². The van der Waals surface area contributed by atoms with Crippen LogP contribution in [0.25, 0.3) is 5.82 Å². The fourth-order valence-corrected chi connectivity index (χ4v) is 2.73. The summed E-state index contributed by atoms with van der Waals surface area (Å²) >= 11 is 0. The number of alkyl halides is 3. The largest absolute Gasteiger partial charge is 0.573 e. The predicted octanol–water partition coefficient (Wildman–Crippen LogP) is 5.21. The van der Waals surface area contributed by atoms with Crippen molar-refractivity contribution in [1.82, 2.24) is 14.8 Å². The van der Waals surface area contributed by atoms with E-state index in [1.807, 2.05) is 29.1 Å². The summed E-state index contributed by atoms with van der Waals surface area (Å²) in [6.45, 7) is 0. The van der Waals surface area contributed by atoms with E-state index in [9.17, 15) is 18.0 Å². The van der Waals surface area contributed by atoms with Crippen LogP contribution in [0.15, 0.2) is 85.2 Å². The topological polar surface area (TPSA) is 78.3 Å². The standard InChI is InChI=1S/C22H15F3N4O3/c23-22(24,25)32-18-7-3-15(4-8-18)21(30)26-16-5-9-17(10-6-16)31-20-12-11-19(27-28-20)29-13-1-2-14-29/h1-14H,(H,26,30). The summed E-state index contributed by atoms with van der Waals surface area (Å²) in [5, 5.41) is 10.8. The second-order valence-electron chi connectivity index (χ2n) is 6.47. The molecule has 162 valence electrons. The van der Waals surface area contributed by atoms with Crippen molar-refractivity contribution in [3.05, 3.63) is 90.8 Å². The Bertz CT molecular complexity index is 1180. The highest BCUT2D eigenvalue weighted by atomic mass is 19.4. The van der Waals surface area contributed by atoms with Crippen LogP contribution < -0.4 is 14.8 Å². The van der Waals surface area contributed by atoms with E-state index in [1.165, 1.54) is 12.1 Å². The van der Waals surface area contributed by atoms with E-state index in [2.05, 4.69) is 20.3 Å². The van der Waals surface area contributed by atoms with Gasteiger partial charge in [0.2, 0.25) is 5.88 Å². The van der Waals surface area contributed by atoms with Gasteiger partial charge in [-0.3, -0.25) is 4.79 Å². The Balaban J connectivity index is 1.35. The zero-order valence-corrected chi connectivity index (χ0v) is 16.3. The number of anilines is 1. The quantitative estimate of drug-likeness (QED) is 0.445. The van der Waals surface area contributed by atoms with Crippen LogP contribution in [-0.4, -0.2) is 27.0 Å². The highest BCUT2D eigenvalue weighted by Crippen LogP contribution is 2.24. The van der Waals surface area contributed by atoms with Crippen molar-refractivity contribution in [3.8, 4) is 23.2 Å². The molecule has 2 heterocycles. The molecule has 0 aliphatic rings. The number of carbonyl (C=O) groups excluding carboxylic acids is 1. The van der Waals surface area contributed by atoms with Crippen LogP contribution in [0, 0.1) is 0 Å². The van der Waals surface area contributed by atoms with Crippen LogP contribution in [0.1, 0.15) is 10.4 Å². The monoisotopic (exact) mass is 440 g/mol. The first-order valence-corrected chi connectivity index (χ1v) is 9.28. The molecule has 0 radical (unpaired) electrons. The molecular formula is C22H15F3N4O3. The third kappa shape index (κ3) is 5.42. The molecule has 0 spiro atoms. The van der Waals surface area contributed by atoms with Crippen molar-refractivity contribution in [2.24, 2.45) is 0 Å². The van der Waals surface area contributed by atoms with Gasteiger partial charge in [-0.1, -0.05) is 0 Å². The molecule has 10 heteroatoms. The second kappa shape index (κ2) is 8.80. The predicted molar refractivity (Wildman–Crippen MR) is 109 cm³/mol. The zero-order valence-electron chi connectivity index (χ0n) is 16.3. The number of benzene rings is 2. The molecule has 1 amide bonds. The lowest BCUT2D eigenvalue weighted by Gasteiger charge is -2.10. The minimum Gasteiger partial charge on any atom is -0.438 e. The molecule has 0 aliphatic heterocycles. The summed E-state index contributed by atoms with van der Waals surface area (Å²) in [6, 6.07) is 18.3. The van der Waals surface area contributed by atoms with Gasteiger partial charge < -0.3 is 19.4 Å². The van der Waals surface area contributed by atoms with E-state index in [-0.39, 0.29) is 5.56 Å². The van der Waals surface area contributed by atoms with Crippen LogP contribution in [0.5, 0.6) is 17.4 Å². The van der Waals surface area contributed by atoms with Gasteiger partial charge in [-0.05, 0) is 66.7 Å². The fraction of sp³-hybridized carbons (Fsp3) is 0.0455. The molecule has 0 atom stereocenters. The number of hydrogen-bond donors (Lipinski definition) is 1. The van der Waals surface area contributed by atoms with Crippen LogP contribution in [0.3, 0.4) is 0 Å². The van der Waals surface area contributed by atoms with Gasteiger partial charge in [0.05, 0.1) is 0 Å². The Hall–Kier alpha value is -4.34. The molecule has 0 fully saturated rings. The molecule has 1 N–H and O–H groups in total. The zero-order chi connectivity index (χ0) is 22.6. The summed E-state index contributed by atoms with van der Waals surface area (Å²) in [7, 11) is 0. The van der Waals surface area contributed by atoms with Crippen molar-refractivity contribution in [2.75, 3.05) is 5.32 Å². The van der Waals surface area contributed by atoms with Crippen molar-refractivity contribution in [2.45, 2.75) is 6.36 Å². The maximum atomic E-state index is 12.3. The van der Waals surface area contributed by atoms with Gasteiger partial charge >= 0.3 is 6.36 Å². The lowest BCUT2D eigenvalue weighted by atomic mass is 10.2. The number of amides is 1. The molecule has 0 unspecified atom stereocenters. The SMILES string of the molecule is O=C(Nc1ccc(Oc2ccc(-n3cccc3)nn2)cc1)c1ccc(OC(F)(F)F)cc1. The Labute approximate surface area is 180 Å². The average molecular weight is 440 g/mol. The van der Waals surface area contributed by atoms with E-state index in [1.54, 1.807) is 36.4 Å². The summed E-state index contributed by atoms with van der Waals surface area (Å²) < 4.78 is 47.9. The molecule has 0 bridgehead atoms. The summed E-state index contributed by atoms with van der Waals surface area (Å²) in [5.41, 5.74) is 0.657. The maximum absolute atomic E-state index is 12.3. The molecule has 4 aromatic rings. The lowest BCUT2D eigenvalue weighted by molar-refractivity contribution is -0.274. The van der Waals surface area contributed by atoms with Gasteiger partial charge in [0.1, 0.15) is 11.5 Å². The summed E-state index contributed by atoms with van der Waals surface area (Å²) in [6.07, 6.45) is -1.09. The highest BCUT2D eigenvalue weighted by Gasteiger charge is 2.31. The van der Waals surface area contributed by atoms with E-state index in [4.69, 9.17) is 4.74 Å². The van der Waals surface area contributed by atoms with Gasteiger partial charge in [0, 0.05) is 29.7 Å². The van der Waals surface area contributed by atoms with Gasteiger partial charge in [-0.25, -0.2) is 0 Å². The average Bonchev–Trinajstić information content (AvgIpc) is 3.30. The molecular weight excluding hydrogens is 425 g/mol. The van der Waals surface area contributed by atoms with E-state index >= 15 is 0 Å². The number of hydrogen-bond acceptors (Lipinski definition) is 5. The Kier molecular flexibility index (Phi) is 5.75. The minimum absolute atomic E-state index is 0.179. The number of nitrogens with zero attached hydrogens (tertiary/aromatic N) is 3. The summed E-state index contributed by atoms with van der Waals surface area (Å²) in [5.74, 6) is 0.556. The molecule has 0 aliphatic carbocycles. The smallest absolute Gasteiger partial charge is 0.438 e. The van der Waals surface area contributed by atoms with E-state index in [0.717, 1.165) is 12.1 Å². The first kappa shape index (κ1) is 20.9. The van der Waals surface area contributed by atoms with Gasteiger partial charge in [0.15, 0.2) is 5.82 Å². The lowest BCUT2D eigenvalue weighted by Crippen LogP contribution is -2.17. The summed E-state index contributed by atoms with van der Waals surface area (Å²) in [4.78, 5) is 12.3. The van der Waals surface area contributed by atoms with Crippen molar-refractivity contribution >= 4 is 11.6 Å². The van der Waals surface area contributed by atoms with Crippen LogP contribution in [0.2, 0.25) is 0 Å². The van der Waals surface area contributed by atoms with Crippen molar-refractivity contribution in [3.63, 3.8) is 0 Å². The normalized spacial score (nSPS) is 11.1. The first-order valence-electron chi connectivity index (χ1n) is 9.28. The second-order valence-corrected chi connectivity index (χ2v) is 6.47. The molecule has 32 heavy (non-hydrogen) atoms.